The zero-order valence-electron chi connectivity index (χ0n) is 15.5. The van der Waals surface area contributed by atoms with Gasteiger partial charge in [0.25, 0.3) is 0 Å². The van der Waals surface area contributed by atoms with Gasteiger partial charge in [-0.05, 0) is 37.6 Å². The summed E-state index contributed by atoms with van der Waals surface area (Å²) in [7, 11) is 0. The van der Waals surface area contributed by atoms with Gasteiger partial charge >= 0.3 is 0 Å². The van der Waals surface area contributed by atoms with Gasteiger partial charge in [0.1, 0.15) is 10.3 Å². The lowest BCUT2D eigenvalue weighted by atomic mass is 10.2. The minimum atomic E-state index is 0.214. The lowest BCUT2D eigenvalue weighted by Crippen LogP contribution is -2.49. The second kappa shape index (κ2) is 7.86. The number of nitrogens with zero attached hydrogens (tertiary/aromatic N) is 4. The molecule has 3 heterocycles. The summed E-state index contributed by atoms with van der Waals surface area (Å²) >= 11 is 3.26. The third-order valence-corrected chi connectivity index (χ3v) is 6.93. The van der Waals surface area contributed by atoms with Crippen molar-refractivity contribution in [2.75, 3.05) is 36.8 Å². The first-order valence-electron chi connectivity index (χ1n) is 9.04. The van der Waals surface area contributed by atoms with Crippen LogP contribution in [0, 0.1) is 13.8 Å². The zero-order valence-corrected chi connectivity index (χ0v) is 17.1. The van der Waals surface area contributed by atoms with Crippen molar-refractivity contribution in [1.29, 1.82) is 0 Å². The van der Waals surface area contributed by atoms with E-state index in [1.165, 1.54) is 16.0 Å². The molecule has 0 bridgehead atoms. The van der Waals surface area contributed by atoms with Crippen molar-refractivity contribution < 1.29 is 4.79 Å². The van der Waals surface area contributed by atoms with Crippen molar-refractivity contribution in [3.63, 3.8) is 0 Å². The predicted molar refractivity (Wildman–Crippen MR) is 113 cm³/mol. The Kier molecular flexibility index (Phi) is 5.31. The van der Waals surface area contributed by atoms with E-state index in [1.807, 2.05) is 17.0 Å². The molecule has 7 heteroatoms. The Bertz CT molecular complexity index is 931. The van der Waals surface area contributed by atoms with E-state index >= 15 is 0 Å². The van der Waals surface area contributed by atoms with Gasteiger partial charge in [-0.15, -0.1) is 11.8 Å². The number of hydrogen-bond donors (Lipinski definition) is 0. The van der Waals surface area contributed by atoms with E-state index in [-0.39, 0.29) is 5.91 Å². The third-order valence-electron chi connectivity index (χ3n) is 4.75. The minimum Gasteiger partial charge on any atom is -0.344 e. The van der Waals surface area contributed by atoms with Crippen molar-refractivity contribution in [2.24, 2.45) is 0 Å². The van der Waals surface area contributed by atoms with E-state index in [4.69, 9.17) is 0 Å². The molecule has 5 nitrogen and oxygen atoms in total. The van der Waals surface area contributed by atoms with Crippen LogP contribution in [-0.4, -0.2) is 52.7 Å². The van der Waals surface area contributed by atoms with Crippen molar-refractivity contribution >= 4 is 44.5 Å². The molecular formula is C20H22N4OS2. The Hall–Kier alpha value is -2.12. The highest BCUT2D eigenvalue weighted by molar-refractivity contribution is 8.00. The smallest absolute Gasteiger partial charge is 0.233 e. The number of pyridine rings is 1. The number of carbonyl (C=O) groups excluding carboxylic acids is 1. The summed E-state index contributed by atoms with van der Waals surface area (Å²) < 4.78 is 0. The van der Waals surface area contributed by atoms with Crippen molar-refractivity contribution in [2.45, 2.75) is 18.7 Å². The molecule has 0 aliphatic carbocycles. The van der Waals surface area contributed by atoms with E-state index in [2.05, 4.69) is 46.9 Å². The van der Waals surface area contributed by atoms with Crippen LogP contribution in [0.15, 0.2) is 41.4 Å². The Morgan fingerprint density at radius 2 is 2.00 bits per heavy atom. The number of rotatable bonds is 4. The Morgan fingerprint density at radius 3 is 2.78 bits per heavy atom. The lowest BCUT2D eigenvalue weighted by Gasteiger charge is -2.34. The summed E-state index contributed by atoms with van der Waals surface area (Å²) in [6.07, 6.45) is 1.80. The Morgan fingerprint density at radius 1 is 1.19 bits per heavy atom. The molecule has 0 atom stereocenters. The highest BCUT2D eigenvalue weighted by atomic mass is 32.2. The number of piperazine rings is 1. The van der Waals surface area contributed by atoms with Crippen LogP contribution < -0.4 is 4.90 Å². The van der Waals surface area contributed by atoms with Crippen LogP contribution in [0.25, 0.3) is 10.3 Å². The molecule has 140 valence electrons. The maximum Gasteiger partial charge on any atom is 0.233 e. The first-order valence-corrected chi connectivity index (χ1v) is 10.8. The topological polar surface area (TPSA) is 49.3 Å². The second-order valence-electron chi connectivity index (χ2n) is 6.75. The van der Waals surface area contributed by atoms with Gasteiger partial charge in [-0.1, -0.05) is 29.0 Å². The number of thiazole rings is 1. The number of hydrogen-bond acceptors (Lipinski definition) is 6. The molecule has 1 amide bonds. The normalized spacial score (nSPS) is 14.7. The number of thioether (sulfide) groups is 1. The van der Waals surface area contributed by atoms with E-state index in [0.29, 0.717) is 5.75 Å². The fraction of sp³-hybridized carbons (Fsp3) is 0.350. The third kappa shape index (κ3) is 4.09. The van der Waals surface area contributed by atoms with Crippen LogP contribution in [0.2, 0.25) is 0 Å². The van der Waals surface area contributed by atoms with Crippen LogP contribution in [0.3, 0.4) is 0 Å². The molecule has 1 aromatic carbocycles. The van der Waals surface area contributed by atoms with Crippen LogP contribution in [0.1, 0.15) is 11.1 Å². The second-order valence-corrected chi connectivity index (χ2v) is 8.72. The van der Waals surface area contributed by atoms with Gasteiger partial charge in [-0.3, -0.25) is 4.79 Å². The van der Waals surface area contributed by atoms with Gasteiger partial charge in [0.2, 0.25) is 5.91 Å². The van der Waals surface area contributed by atoms with Gasteiger partial charge < -0.3 is 9.80 Å². The average molecular weight is 399 g/mol. The number of anilines is 1. The van der Waals surface area contributed by atoms with Gasteiger partial charge in [-0.25, -0.2) is 9.97 Å². The molecule has 1 aliphatic heterocycles. The largest absolute Gasteiger partial charge is 0.344 e. The number of carbonyl (C=O) groups is 1. The molecule has 0 spiro atoms. The molecule has 27 heavy (non-hydrogen) atoms. The van der Waals surface area contributed by atoms with Crippen molar-refractivity contribution in [1.82, 2.24) is 14.9 Å². The number of benzene rings is 1. The summed E-state index contributed by atoms with van der Waals surface area (Å²) in [5.74, 6) is 0.710. The number of amides is 1. The zero-order chi connectivity index (χ0) is 18.8. The summed E-state index contributed by atoms with van der Waals surface area (Å²) in [5, 5.41) is 1.00. The molecule has 4 rings (SSSR count). The highest BCUT2D eigenvalue weighted by Gasteiger charge is 2.23. The molecule has 0 saturated carbocycles. The molecule has 3 aromatic rings. The number of aryl methyl sites for hydroxylation is 2. The van der Waals surface area contributed by atoms with Crippen LogP contribution >= 0.6 is 23.1 Å². The maximum atomic E-state index is 12.6. The van der Waals surface area contributed by atoms with E-state index in [9.17, 15) is 4.79 Å². The van der Waals surface area contributed by atoms with Crippen LogP contribution in [0.4, 0.5) is 5.13 Å². The summed E-state index contributed by atoms with van der Waals surface area (Å²) in [6, 6.07) is 10.3. The first-order chi connectivity index (χ1) is 13.1. The summed E-state index contributed by atoms with van der Waals surface area (Å²) in [5.41, 5.74) is 3.41. The molecule has 2 aromatic heterocycles. The average Bonchev–Trinajstić information content (AvgIpc) is 3.13. The molecule has 1 saturated heterocycles. The Balaban J connectivity index is 1.33. The fourth-order valence-electron chi connectivity index (χ4n) is 3.13. The van der Waals surface area contributed by atoms with Gasteiger partial charge in [-0.2, -0.15) is 0 Å². The summed E-state index contributed by atoms with van der Waals surface area (Å²) in [6.45, 7) is 7.31. The monoisotopic (exact) mass is 398 g/mol. The Labute approximate surface area is 167 Å². The molecule has 0 unspecified atom stereocenters. The minimum absolute atomic E-state index is 0.214. The molecule has 0 radical (unpaired) electrons. The van der Waals surface area contributed by atoms with Crippen molar-refractivity contribution in [3.8, 4) is 0 Å². The highest BCUT2D eigenvalue weighted by Crippen LogP contribution is 2.28. The predicted octanol–water partition coefficient (Wildman–Crippen LogP) is 3.75. The van der Waals surface area contributed by atoms with E-state index < -0.39 is 0 Å². The summed E-state index contributed by atoms with van der Waals surface area (Å²) in [4.78, 5) is 28.1. The SMILES string of the molecule is Cc1ccc(C)c(SCC(=O)N2CCN(c3nc4cccnc4s3)CC2)c1. The molecule has 0 N–H and O–H groups in total. The molecular weight excluding hydrogens is 376 g/mol. The molecule has 1 fully saturated rings. The van der Waals surface area contributed by atoms with Crippen LogP contribution in [-0.2, 0) is 4.79 Å². The standard InChI is InChI=1S/C20H22N4OS2/c1-14-5-6-15(2)17(12-14)26-13-18(25)23-8-10-24(11-9-23)20-22-16-4-3-7-21-19(16)27-20/h3-7,12H,8-11,13H2,1-2H3. The first kappa shape index (κ1) is 18.3. The quantitative estimate of drug-likeness (QED) is 0.627. The maximum absolute atomic E-state index is 12.6. The van der Waals surface area contributed by atoms with E-state index in [0.717, 1.165) is 41.7 Å². The lowest BCUT2D eigenvalue weighted by molar-refractivity contribution is -0.128. The van der Waals surface area contributed by atoms with Gasteiger partial charge in [0, 0.05) is 37.3 Å². The fourth-order valence-corrected chi connectivity index (χ4v) is 5.12. The number of aromatic nitrogens is 2. The molecule has 1 aliphatic rings. The van der Waals surface area contributed by atoms with E-state index in [1.54, 1.807) is 29.3 Å². The van der Waals surface area contributed by atoms with Gasteiger partial charge in [0.15, 0.2) is 5.13 Å². The van der Waals surface area contributed by atoms with Crippen molar-refractivity contribution in [3.05, 3.63) is 47.7 Å². The van der Waals surface area contributed by atoms with Gasteiger partial charge in [0.05, 0.1) is 5.75 Å². The number of fused-ring (bicyclic) bond motifs is 1. The van der Waals surface area contributed by atoms with Crippen LogP contribution in [0.5, 0.6) is 0 Å².